The Morgan fingerprint density at radius 1 is 0.939 bits per heavy atom. The number of hydrogen-bond acceptors (Lipinski definition) is 12. The van der Waals surface area contributed by atoms with Gasteiger partial charge in [-0.25, -0.2) is 8.78 Å². The molecular formula is C47H54F2N8O8S. The number of aromatic nitrogens is 1. The van der Waals surface area contributed by atoms with E-state index in [-0.39, 0.29) is 64.9 Å². The van der Waals surface area contributed by atoms with Crippen LogP contribution in [0.2, 0.25) is 0 Å². The number of likely N-dealkylation sites (tertiary alicyclic amines) is 2. The topological polar surface area (TPSA) is 166 Å². The lowest BCUT2D eigenvalue weighted by molar-refractivity contribution is -0.146. The summed E-state index contributed by atoms with van der Waals surface area (Å²) in [5.74, 6) is -4.27. The molecule has 2 N–H and O–H groups in total. The second-order valence-electron chi connectivity index (χ2n) is 18.7. The summed E-state index contributed by atoms with van der Waals surface area (Å²) in [5, 5.41) is 5.15. The smallest absolute Gasteiger partial charge is 0.285 e. The first-order valence-corrected chi connectivity index (χ1v) is 23.0. The highest BCUT2D eigenvalue weighted by atomic mass is 32.1. The van der Waals surface area contributed by atoms with Gasteiger partial charge in [-0.1, -0.05) is 0 Å². The summed E-state index contributed by atoms with van der Waals surface area (Å²) in [7, 11) is 8.62. The Morgan fingerprint density at radius 3 is 2.30 bits per heavy atom. The summed E-state index contributed by atoms with van der Waals surface area (Å²) in [5.41, 5.74) is 4.35. The summed E-state index contributed by atoms with van der Waals surface area (Å²) in [6.07, 6.45) is 3.76. The van der Waals surface area contributed by atoms with Crippen molar-refractivity contribution in [3.8, 4) is 22.6 Å². The fraction of sp³-hybridized carbons (Fsp3) is 0.489. The number of halogens is 2. The Balaban J connectivity index is 0.782. The molecule has 66 heavy (non-hydrogen) atoms. The van der Waals surface area contributed by atoms with Crippen molar-refractivity contribution in [3.05, 3.63) is 74.5 Å². The third-order valence-corrected chi connectivity index (χ3v) is 15.1. The molecule has 19 heteroatoms. The van der Waals surface area contributed by atoms with E-state index in [1.807, 2.05) is 54.2 Å². The molecule has 0 saturated carbocycles. The summed E-state index contributed by atoms with van der Waals surface area (Å²) in [4.78, 5) is 86.8. The number of imide groups is 1. The number of amides is 5. The zero-order chi connectivity index (χ0) is 46.8. The van der Waals surface area contributed by atoms with Crippen molar-refractivity contribution < 1.29 is 42.2 Å². The fourth-order valence-electron chi connectivity index (χ4n) is 10.2. The van der Waals surface area contributed by atoms with Crippen LogP contribution in [-0.2, 0) is 34.5 Å². The van der Waals surface area contributed by atoms with E-state index in [2.05, 4.69) is 15.5 Å². The lowest BCUT2D eigenvalue weighted by atomic mass is 9.71. The zero-order valence-electron chi connectivity index (χ0n) is 37.7. The molecule has 5 amide bonds. The van der Waals surface area contributed by atoms with Gasteiger partial charge in [0.05, 0.1) is 49.2 Å². The lowest BCUT2D eigenvalue weighted by Gasteiger charge is -2.55. The first-order chi connectivity index (χ1) is 31.5. The quantitative estimate of drug-likeness (QED) is 0.211. The maximum Gasteiger partial charge on any atom is 0.285 e. The van der Waals surface area contributed by atoms with Crippen molar-refractivity contribution >= 4 is 56.6 Å². The van der Waals surface area contributed by atoms with Gasteiger partial charge in [-0.15, -0.1) is 11.3 Å². The van der Waals surface area contributed by atoms with Gasteiger partial charge in [0, 0.05) is 79.3 Å². The Hall–Kier alpha value is -5.92. The Morgan fingerprint density at radius 2 is 1.65 bits per heavy atom. The van der Waals surface area contributed by atoms with Crippen LogP contribution in [-0.4, -0.2) is 146 Å². The number of fused-ring (bicyclic) bond motifs is 2. The van der Waals surface area contributed by atoms with Gasteiger partial charge in [-0.2, -0.15) is 0 Å². The molecule has 2 atom stereocenters. The Labute approximate surface area is 384 Å². The second kappa shape index (κ2) is 17.4. The highest BCUT2D eigenvalue weighted by Gasteiger charge is 2.49. The minimum Gasteiger partial charge on any atom is -0.496 e. The molecule has 350 valence electrons. The Kier molecular flexibility index (Phi) is 11.9. The van der Waals surface area contributed by atoms with Gasteiger partial charge in [0.25, 0.3) is 23.3 Å². The molecule has 0 radical (unpaired) electrons. The van der Waals surface area contributed by atoms with Crippen molar-refractivity contribution in [3.63, 3.8) is 0 Å². The number of carbonyl (C=O) groups is 5. The highest BCUT2D eigenvalue weighted by Crippen LogP contribution is 2.44. The molecule has 1 spiro atoms. The van der Waals surface area contributed by atoms with Crippen LogP contribution in [0.3, 0.4) is 0 Å². The van der Waals surface area contributed by atoms with E-state index in [0.717, 1.165) is 54.1 Å². The van der Waals surface area contributed by atoms with E-state index in [0.29, 0.717) is 65.5 Å². The predicted molar refractivity (Wildman–Crippen MR) is 243 cm³/mol. The predicted octanol–water partition coefficient (Wildman–Crippen LogP) is 3.68. The number of anilines is 1. The number of thiophene rings is 1. The van der Waals surface area contributed by atoms with Crippen molar-refractivity contribution in [2.24, 2.45) is 12.5 Å². The minimum atomic E-state index is -3.39. The molecule has 5 aliphatic rings. The van der Waals surface area contributed by atoms with E-state index in [4.69, 9.17) is 9.47 Å². The van der Waals surface area contributed by atoms with Crippen LogP contribution in [0.1, 0.15) is 63.3 Å². The number of piperidine rings is 3. The van der Waals surface area contributed by atoms with Gasteiger partial charge in [-0.05, 0) is 100 Å². The minimum absolute atomic E-state index is 0.0324. The zero-order valence-corrected chi connectivity index (χ0v) is 38.5. The molecule has 0 bridgehead atoms. The molecule has 4 aromatic rings. The van der Waals surface area contributed by atoms with Gasteiger partial charge < -0.3 is 39.0 Å². The van der Waals surface area contributed by atoms with E-state index in [1.165, 1.54) is 15.5 Å². The van der Waals surface area contributed by atoms with Crippen LogP contribution in [0.5, 0.6) is 11.5 Å². The van der Waals surface area contributed by atoms with Crippen LogP contribution >= 0.6 is 11.3 Å². The third-order valence-electron chi connectivity index (χ3n) is 13.9. The van der Waals surface area contributed by atoms with Crippen LogP contribution < -0.4 is 30.6 Å². The average Bonchev–Trinajstić information content (AvgIpc) is 3.86. The number of nitrogens with zero attached hydrogens (tertiary/aromatic N) is 6. The van der Waals surface area contributed by atoms with Gasteiger partial charge in [0.15, 0.2) is 0 Å². The molecular weight excluding hydrogens is 875 g/mol. The van der Waals surface area contributed by atoms with E-state index >= 15 is 8.78 Å². The van der Waals surface area contributed by atoms with Crippen molar-refractivity contribution in [1.29, 1.82) is 0 Å². The summed E-state index contributed by atoms with van der Waals surface area (Å²) < 4.78 is 45.0. The van der Waals surface area contributed by atoms with Crippen molar-refractivity contribution in [1.82, 2.24) is 34.8 Å². The number of benzene rings is 2. The second-order valence-corrected chi connectivity index (χ2v) is 19.7. The third kappa shape index (κ3) is 8.40. The number of ether oxygens (including phenoxy) is 2. The molecule has 16 nitrogen and oxygen atoms in total. The number of pyridine rings is 1. The van der Waals surface area contributed by atoms with Gasteiger partial charge in [0.2, 0.25) is 17.7 Å². The van der Waals surface area contributed by atoms with Crippen LogP contribution in [0.4, 0.5) is 14.5 Å². The molecule has 2 unspecified atom stereocenters. The number of rotatable bonds is 11. The van der Waals surface area contributed by atoms with Gasteiger partial charge in [-0.3, -0.25) is 39.0 Å². The van der Waals surface area contributed by atoms with E-state index in [1.54, 1.807) is 32.4 Å². The molecule has 2 aromatic heterocycles. The van der Waals surface area contributed by atoms with Gasteiger partial charge in [0.1, 0.15) is 17.5 Å². The molecule has 7 heterocycles. The normalized spacial score (nSPS) is 21.6. The molecule has 2 aromatic carbocycles. The van der Waals surface area contributed by atoms with Crippen molar-refractivity contribution in [2.45, 2.75) is 63.2 Å². The number of alkyl halides is 2. The first kappa shape index (κ1) is 45.2. The van der Waals surface area contributed by atoms with E-state index < -0.39 is 36.4 Å². The summed E-state index contributed by atoms with van der Waals surface area (Å²) in [6, 6.07) is 8.74. The number of nitrogens with one attached hydrogen (secondary N) is 2. The number of hydrogen-bond donors (Lipinski definition) is 2. The highest BCUT2D eigenvalue weighted by molar-refractivity contribution is 7.21. The largest absolute Gasteiger partial charge is 0.496 e. The SMILES string of the molecule is COc1cc(-c2cn(C)c(=O)c3cc(C(=O)NC4CCN(C(=O)CN5CCC6(CC5)CN(c5ccc7c(c5)CN(C5CCC(=O)NC5=O)C7=O)C6)CC4(F)F)sc23)cc(OC)c1CN(C)C. The van der Waals surface area contributed by atoms with E-state index in [9.17, 15) is 28.8 Å². The summed E-state index contributed by atoms with van der Waals surface area (Å²) >= 11 is 1.05. The van der Waals surface area contributed by atoms with Crippen LogP contribution in [0.15, 0.2) is 47.4 Å². The number of methoxy groups -OCH3 is 2. The number of carbonyl (C=O) groups excluding carboxylic acids is 5. The maximum absolute atomic E-state index is 15.8. The first-order valence-electron chi connectivity index (χ1n) is 22.2. The van der Waals surface area contributed by atoms with Gasteiger partial charge >= 0.3 is 0 Å². The monoisotopic (exact) mass is 928 g/mol. The Bertz CT molecular complexity index is 2680. The molecule has 5 aliphatic heterocycles. The fourth-order valence-corrected chi connectivity index (χ4v) is 11.3. The lowest BCUT2D eigenvalue weighted by Crippen LogP contribution is -2.62. The van der Waals surface area contributed by atoms with Crippen LogP contribution in [0.25, 0.3) is 21.2 Å². The standard InChI is InChI=1S/C47H54F2N8O8S/c1-52(2)21-33-35(64-4)17-27(18-36(33)65-5)32-22-53(3)44(62)31-19-37(66-41(31)32)43(61)50-38-10-13-55(26-47(38,48)49)40(59)23-54-14-11-46(12-15-54)24-56(25-46)29-6-7-30-28(16-29)20-57(45(30)63)34-8-9-39(58)51-42(34)60/h6-7,16-19,22,34,38H,8-15,20-21,23-26H2,1-5H3,(H,50,61)(H,51,58,60). The van der Waals surface area contributed by atoms with Crippen molar-refractivity contribution in [2.75, 3.05) is 79.0 Å². The average molecular weight is 929 g/mol. The number of aryl methyl sites for hydroxylation is 1. The summed E-state index contributed by atoms with van der Waals surface area (Å²) in [6.45, 7) is 3.10. The maximum atomic E-state index is 15.8. The molecule has 4 fully saturated rings. The molecule has 9 rings (SSSR count). The van der Waals surface area contributed by atoms with Crippen LogP contribution in [0, 0.1) is 5.41 Å². The molecule has 0 aliphatic carbocycles. The molecule has 4 saturated heterocycles.